The number of hydrogen-bond donors (Lipinski definition) is 1. The number of nitrogens with two attached hydrogens (primary N) is 1. The van der Waals surface area contributed by atoms with E-state index in [9.17, 15) is 0 Å². The van der Waals surface area contributed by atoms with Gasteiger partial charge in [-0.05, 0) is 19.8 Å². The van der Waals surface area contributed by atoms with E-state index in [-0.39, 0.29) is 0 Å². The molecular formula is C12H17N5. The topological polar surface area (TPSA) is 61.7 Å². The molecule has 0 aromatic carbocycles. The second kappa shape index (κ2) is 4.00. The first kappa shape index (κ1) is 10.5. The Kier molecular flexibility index (Phi) is 2.48. The van der Waals surface area contributed by atoms with E-state index in [4.69, 9.17) is 5.73 Å². The van der Waals surface area contributed by atoms with E-state index in [2.05, 4.69) is 27.8 Å². The molecule has 5 nitrogen and oxygen atoms in total. The van der Waals surface area contributed by atoms with Crippen LogP contribution < -0.4 is 5.73 Å². The van der Waals surface area contributed by atoms with Gasteiger partial charge in [0.1, 0.15) is 0 Å². The predicted molar refractivity (Wildman–Crippen MR) is 65.4 cm³/mol. The van der Waals surface area contributed by atoms with E-state index in [1.165, 1.54) is 0 Å². The smallest absolute Gasteiger partial charge is 0.0953 e. The first-order valence-electron chi connectivity index (χ1n) is 6.08. The first-order chi connectivity index (χ1) is 8.28. The molecule has 0 aliphatic heterocycles. The van der Waals surface area contributed by atoms with Gasteiger partial charge in [0.15, 0.2) is 0 Å². The Morgan fingerprint density at radius 2 is 2.24 bits per heavy atom. The summed E-state index contributed by atoms with van der Waals surface area (Å²) in [5, 5.41) is 4.30. The molecule has 90 valence electrons. The quantitative estimate of drug-likeness (QED) is 0.869. The molecule has 0 unspecified atom stereocenters. The fraction of sp³-hybridized carbons (Fsp3) is 0.500. The van der Waals surface area contributed by atoms with Crippen LogP contribution in [-0.4, -0.2) is 25.4 Å². The van der Waals surface area contributed by atoms with Gasteiger partial charge in [-0.3, -0.25) is 4.68 Å². The Balaban J connectivity index is 1.90. The minimum atomic E-state index is 0.355. The van der Waals surface area contributed by atoms with E-state index in [1.807, 2.05) is 23.4 Å². The van der Waals surface area contributed by atoms with Gasteiger partial charge in [0, 0.05) is 30.4 Å². The molecule has 5 heteroatoms. The summed E-state index contributed by atoms with van der Waals surface area (Å²) < 4.78 is 4.15. The summed E-state index contributed by atoms with van der Waals surface area (Å²) in [6, 6.07) is 0.862. The van der Waals surface area contributed by atoms with E-state index >= 15 is 0 Å². The average molecular weight is 231 g/mol. The summed E-state index contributed by atoms with van der Waals surface area (Å²) in [6.07, 6.45) is 9.86. The molecule has 0 bridgehead atoms. The zero-order valence-corrected chi connectivity index (χ0v) is 9.95. The predicted octanol–water partition coefficient (Wildman–Crippen LogP) is 1.43. The molecule has 0 amide bonds. The van der Waals surface area contributed by atoms with Crippen molar-refractivity contribution in [1.82, 2.24) is 19.3 Å². The maximum Gasteiger partial charge on any atom is 0.0953 e. The number of aromatic nitrogens is 4. The maximum atomic E-state index is 5.84. The van der Waals surface area contributed by atoms with Gasteiger partial charge in [0.25, 0.3) is 0 Å². The lowest BCUT2D eigenvalue weighted by Crippen LogP contribution is -2.37. The zero-order chi connectivity index (χ0) is 11.8. The van der Waals surface area contributed by atoms with Gasteiger partial charge in [0.05, 0.1) is 24.4 Å². The highest BCUT2D eigenvalue weighted by Gasteiger charge is 2.28. The first-order valence-corrected chi connectivity index (χ1v) is 6.08. The largest absolute Gasteiger partial charge is 0.328 e. The molecule has 0 radical (unpaired) electrons. The van der Waals surface area contributed by atoms with Crippen LogP contribution >= 0.6 is 0 Å². The molecule has 2 heterocycles. The SMILES string of the molecule is CCn1cc(-c2cncn2C2CC(N)C2)cn1. The highest BCUT2D eigenvalue weighted by molar-refractivity contribution is 5.56. The monoisotopic (exact) mass is 231 g/mol. The van der Waals surface area contributed by atoms with Crippen LogP contribution in [0.2, 0.25) is 0 Å². The van der Waals surface area contributed by atoms with Gasteiger partial charge in [-0.2, -0.15) is 5.10 Å². The lowest BCUT2D eigenvalue weighted by atomic mass is 9.87. The second-order valence-electron chi connectivity index (χ2n) is 4.66. The number of imidazole rings is 1. The Morgan fingerprint density at radius 1 is 1.41 bits per heavy atom. The summed E-state index contributed by atoms with van der Waals surface area (Å²) in [6.45, 7) is 2.97. The van der Waals surface area contributed by atoms with Crippen molar-refractivity contribution >= 4 is 0 Å². The molecule has 1 fully saturated rings. The second-order valence-corrected chi connectivity index (χ2v) is 4.66. The van der Waals surface area contributed by atoms with Crippen molar-refractivity contribution in [3.05, 3.63) is 24.9 Å². The normalized spacial score (nSPS) is 23.6. The van der Waals surface area contributed by atoms with Gasteiger partial charge in [-0.25, -0.2) is 4.98 Å². The van der Waals surface area contributed by atoms with Crippen molar-refractivity contribution in [2.45, 2.75) is 38.4 Å². The van der Waals surface area contributed by atoms with Crippen LogP contribution in [0.4, 0.5) is 0 Å². The van der Waals surface area contributed by atoms with Gasteiger partial charge in [-0.15, -0.1) is 0 Å². The van der Waals surface area contributed by atoms with Crippen molar-refractivity contribution in [1.29, 1.82) is 0 Å². The van der Waals surface area contributed by atoms with E-state index in [1.54, 1.807) is 0 Å². The summed E-state index contributed by atoms with van der Waals surface area (Å²) in [7, 11) is 0. The molecule has 1 aliphatic rings. The summed E-state index contributed by atoms with van der Waals surface area (Å²) >= 11 is 0. The van der Waals surface area contributed by atoms with E-state index in [0.29, 0.717) is 12.1 Å². The van der Waals surface area contributed by atoms with Crippen LogP contribution in [0.5, 0.6) is 0 Å². The van der Waals surface area contributed by atoms with Crippen molar-refractivity contribution in [3.63, 3.8) is 0 Å². The van der Waals surface area contributed by atoms with Crippen molar-refractivity contribution in [2.24, 2.45) is 5.73 Å². The standard InChI is InChI=1S/C12H17N5/c1-2-16-7-9(5-15-16)12-6-14-8-17(12)11-3-10(13)4-11/h5-8,10-11H,2-4,13H2,1H3. The average Bonchev–Trinajstić information content (AvgIpc) is 2.92. The van der Waals surface area contributed by atoms with E-state index < -0.39 is 0 Å². The Morgan fingerprint density at radius 3 is 2.88 bits per heavy atom. The minimum absolute atomic E-state index is 0.355. The molecule has 3 rings (SSSR count). The highest BCUT2D eigenvalue weighted by Crippen LogP contribution is 2.34. The summed E-state index contributed by atoms with van der Waals surface area (Å²) in [5.41, 5.74) is 8.11. The lowest BCUT2D eigenvalue weighted by molar-refractivity contribution is 0.268. The van der Waals surface area contributed by atoms with Crippen molar-refractivity contribution < 1.29 is 0 Å². The number of nitrogens with zero attached hydrogens (tertiary/aromatic N) is 4. The van der Waals surface area contributed by atoms with Gasteiger partial charge >= 0.3 is 0 Å². The van der Waals surface area contributed by atoms with Crippen LogP contribution in [0, 0.1) is 0 Å². The fourth-order valence-electron chi connectivity index (χ4n) is 2.35. The van der Waals surface area contributed by atoms with Crippen molar-refractivity contribution in [2.75, 3.05) is 0 Å². The Hall–Kier alpha value is -1.62. The highest BCUT2D eigenvalue weighted by atomic mass is 15.3. The summed E-state index contributed by atoms with van der Waals surface area (Å²) in [5.74, 6) is 0. The molecule has 1 aliphatic carbocycles. The molecule has 0 atom stereocenters. The molecule has 1 saturated carbocycles. The van der Waals surface area contributed by atoms with Crippen molar-refractivity contribution in [3.8, 4) is 11.3 Å². The maximum absolute atomic E-state index is 5.84. The van der Waals surface area contributed by atoms with Crippen LogP contribution in [0.1, 0.15) is 25.8 Å². The molecule has 2 aromatic heterocycles. The molecule has 2 aromatic rings. The van der Waals surface area contributed by atoms with Gasteiger partial charge < -0.3 is 10.3 Å². The molecule has 2 N–H and O–H groups in total. The van der Waals surface area contributed by atoms with Crippen LogP contribution in [0.25, 0.3) is 11.3 Å². The summed E-state index contributed by atoms with van der Waals surface area (Å²) in [4.78, 5) is 4.25. The third-order valence-corrected chi connectivity index (χ3v) is 3.46. The minimum Gasteiger partial charge on any atom is -0.328 e. The lowest BCUT2D eigenvalue weighted by Gasteiger charge is -2.34. The van der Waals surface area contributed by atoms with Gasteiger partial charge in [-0.1, -0.05) is 0 Å². The van der Waals surface area contributed by atoms with Gasteiger partial charge in [0.2, 0.25) is 0 Å². The Bertz CT molecular complexity index is 506. The van der Waals surface area contributed by atoms with E-state index in [0.717, 1.165) is 30.6 Å². The van der Waals surface area contributed by atoms with Crippen LogP contribution in [-0.2, 0) is 6.54 Å². The number of rotatable bonds is 3. The van der Waals surface area contributed by atoms with Crippen LogP contribution in [0.3, 0.4) is 0 Å². The Labute approximate surface area is 100 Å². The molecule has 0 saturated heterocycles. The number of aryl methyl sites for hydroxylation is 1. The third-order valence-electron chi connectivity index (χ3n) is 3.46. The molecule has 17 heavy (non-hydrogen) atoms. The fourth-order valence-corrected chi connectivity index (χ4v) is 2.35. The number of hydrogen-bond acceptors (Lipinski definition) is 3. The van der Waals surface area contributed by atoms with Crippen LogP contribution in [0.15, 0.2) is 24.9 Å². The third kappa shape index (κ3) is 1.76. The zero-order valence-electron chi connectivity index (χ0n) is 9.95. The molecular weight excluding hydrogens is 214 g/mol. The molecule has 0 spiro atoms.